The lowest BCUT2D eigenvalue weighted by molar-refractivity contribution is 0.344. The number of hydrogen-bond acceptors (Lipinski definition) is 8. The van der Waals surface area contributed by atoms with Gasteiger partial charge in [-0.25, -0.2) is 0 Å². The van der Waals surface area contributed by atoms with Crippen LogP contribution in [0.5, 0.6) is 34.5 Å². The van der Waals surface area contributed by atoms with Crippen molar-refractivity contribution in [2.45, 2.75) is 0 Å². The summed E-state index contributed by atoms with van der Waals surface area (Å²) < 4.78 is 15.4. The van der Waals surface area contributed by atoms with Gasteiger partial charge in [0.05, 0.1) is 14.2 Å². The Bertz CT molecular complexity index is 1010. The first-order valence-electron chi connectivity index (χ1n) is 7.04. The summed E-state index contributed by atoms with van der Waals surface area (Å²) in [4.78, 5) is 12.4. The summed E-state index contributed by atoms with van der Waals surface area (Å²) in [5, 5.41) is 39.7. The number of aromatic hydroxyl groups is 4. The zero-order valence-corrected chi connectivity index (χ0v) is 13.2. The Hall–Kier alpha value is -3.55. The molecule has 3 rings (SSSR count). The number of fused-ring (bicyclic) bond motifs is 1. The van der Waals surface area contributed by atoms with Crippen LogP contribution in [0.4, 0.5) is 0 Å². The van der Waals surface area contributed by atoms with Gasteiger partial charge in [-0.2, -0.15) is 0 Å². The van der Waals surface area contributed by atoms with Crippen LogP contribution in [0.25, 0.3) is 22.3 Å². The van der Waals surface area contributed by atoms with Crippen LogP contribution in [0, 0.1) is 0 Å². The molecule has 0 aliphatic heterocycles. The zero-order chi connectivity index (χ0) is 18.3. The minimum atomic E-state index is -0.869. The fraction of sp³-hybridized carbons (Fsp3) is 0.118. The third-order valence-corrected chi connectivity index (χ3v) is 3.68. The summed E-state index contributed by atoms with van der Waals surface area (Å²) in [6, 6.07) is 4.89. The fourth-order valence-corrected chi connectivity index (χ4v) is 2.52. The lowest BCUT2D eigenvalue weighted by Crippen LogP contribution is -2.03. The molecule has 0 aliphatic rings. The summed E-state index contributed by atoms with van der Waals surface area (Å²) >= 11 is 0. The van der Waals surface area contributed by atoms with E-state index in [1.165, 1.54) is 26.4 Å². The molecule has 3 aromatic rings. The molecular weight excluding hydrogens is 332 g/mol. The second-order valence-corrected chi connectivity index (χ2v) is 5.18. The van der Waals surface area contributed by atoms with Crippen LogP contribution in [0.15, 0.2) is 33.5 Å². The smallest absolute Gasteiger partial charge is 0.238 e. The van der Waals surface area contributed by atoms with Gasteiger partial charge >= 0.3 is 0 Å². The number of hydrogen-bond donors (Lipinski definition) is 4. The first kappa shape index (κ1) is 16.3. The van der Waals surface area contributed by atoms with E-state index < -0.39 is 28.4 Å². The lowest BCUT2D eigenvalue weighted by Gasteiger charge is -2.11. The van der Waals surface area contributed by atoms with Gasteiger partial charge in [0.25, 0.3) is 0 Å². The van der Waals surface area contributed by atoms with Crippen molar-refractivity contribution in [1.82, 2.24) is 0 Å². The summed E-state index contributed by atoms with van der Waals surface area (Å²) in [5.41, 5.74) is -0.870. The van der Waals surface area contributed by atoms with E-state index in [1.807, 2.05) is 0 Å². The third-order valence-electron chi connectivity index (χ3n) is 3.68. The molecule has 0 fully saturated rings. The highest BCUT2D eigenvalue weighted by atomic mass is 16.5. The maximum atomic E-state index is 12.4. The van der Waals surface area contributed by atoms with E-state index >= 15 is 0 Å². The maximum absolute atomic E-state index is 12.4. The average molecular weight is 346 g/mol. The van der Waals surface area contributed by atoms with Crippen LogP contribution < -0.4 is 14.9 Å². The average Bonchev–Trinajstić information content (AvgIpc) is 2.57. The largest absolute Gasteiger partial charge is 0.507 e. The minimum Gasteiger partial charge on any atom is -0.507 e. The third kappa shape index (κ3) is 2.53. The number of phenolic OH excluding ortho intramolecular Hbond substituents is 3. The second-order valence-electron chi connectivity index (χ2n) is 5.18. The van der Waals surface area contributed by atoms with Gasteiger partial charge < -0.3 is 34.3 Å². The van der Waals surface area contributed by atoms with Gasteiger partial charge in [-0.15, -0.1) is 0 Å². The van der Waals surface area contributed by atoms with E-state index in [9.17, 15) is 25.2 Å². The molecule has 0 atom stereocenters. The molecule has 0 unspecified atom stereocenters. The Labute approximate surface area is 140 Å². The quantitative estimate of drug-likeness (QED) is 0.568. The Morgan fingerprint density at radius 3 is 2.08 bits per heavy atom. The molecule has 0 bridgehead atoms. The molecule has 0 saturated carbocycles. The van der Waals surface area contributed by atoms with Gasteiger partial charge in [0.2, 0.25) is 16.9 Å². The van der Waals surface area contributed by atoms with Crippen molar-refractivity contribution in [3.05, 3.63) is 34.5 Å². The van der Waals surface area contributed by atoms with Crippen molar-refractivity contribution in [2.24, 2.45) is 0 Å². The highest BCUT2D eigenvalue weighted by molar-refractivity contribution is 5.88. The molecule has 4 N–H and O–H groups in total. The normalized spacial score (nSPS) is 10.8. The van der Waals surface area contributed by atoms with Crippen LogP contribution in [0.2, 0.25) is 0 Å². The maximum Gasteiger partial charge on any atom is 0.238 e. The second kappa shape index (κ2) is 5.82. The molecule has 130 valence electrons. The number of methoxy groups -OCH3 is 2. The Balaban J connectivity index is 2.34. The van der Waals surface area contributed by atoms with Gasteiger partial charge in [0, 0.05) is 17.7 Å². The minimum absolute atomic E-state index is 0.0367. The Morgan fingerprint density at radius 1 is 0.880 bits per heavy atom. The van der Waals surface area contributed by atoms with E-state index in [0.717, 1.165) is 12.1 Å². The molecular formula is C17H14O8. The van der Waals surface area contributed by atoms with Crippen LogP contribution >= 0.6 is 0 Å². The highest BCUT2D eigenvalue weighted by Gasteiger charge is 2.21. The first-order valence-corrected chi connectivity index (χ1v) is 7.04. The summed E-state index contributed by atoms with van der Waals surface area (Å²) in [6.07, 6.45) is 0. The van der Waals surface area contributed by atoms with Gasteiger partial charge in [-0.05, 0) is 12.1 Å². The van der Waals surface area contributed by atoms with Crippen molar-refractivity contribution < 1.29 is 34.3 Å². The van der Waals surface area contributed by atoms with Crippen LogP contribution in [0.3, 0.4) is 0 Å². The van der Waals surface area contributed by atoms with Gasteiger partial charge in [0.1, 0.15) is 22.5 Å². The molecule has 0 radical (unpaired) electrons. The molecule has 25 heavy (non-hydrogen) atoms. The molecule has 8 nitrogen and oxygen atoms in total. The van der Waals surface area contributed by atoms with Crippen molar-refractivity contribution >= 4 is 11.0 Å². The SMILES string of the molecule is COc1cc(O)c2c(=O)c(O)c(-c3cc(O)c(OC)c(O)c3)oc2c1. The Kier molecular flexibility index (Phi) is 3.80. The van der Waals surface area contributed by atoms with E-state index in [2.05, 4.69) is 0 Å². The molecule has 2 aromatic carbocycles. The molecule has 0 spiro atoms. The number of ether oxygens (including phenoxy) is 2. The van der Waals surface area contributed by atoms with E-state index in [0.29, 0.717) is 0 Å². The van der Waals surface area contributed by atoms with Gasteiger partial charge in [0.15, 0.2) is 17.3 Å². The van der Waals surface area contributed by atoms with E-state index in [-0.39, 0.29) is 33.8 Å². The zero-order valence-electron chi connectivity index (χ0n) is 13.2. The monoisotopic (exact) mass is 346 g/mol. The first-order chi connectivity index (χ1) is 11.9. The number of benzene rings is 2. The van der Waals surface area contributed by atoms with Crippen LogP contribution in [-0.2, 0) is 0 Å². The van der Waals surface area contributed by atoms with Crippen molar-refractivity contribution in [1.29, 1.82) is 0 Å². The number of rotatable bonds is 3. The van der Waals surface area contributed by atoms with E-state index in [1.54, 1.807) is 0 Å². The van der Waals surface area contributed by atoms with Gasteiger partial charge in [-0.3, -0.25) is 4.79 Å². The van der Waals surface area contributed by atoms with E-state index in [4.69, 9.17) is 13.9 Å². The standard InChI is InChI=1S/C17H14O8/c1-23-8-5-9(18)13-12(6-8)25-16(15(22)14(13)21)7-3-10(19)17(24-2)11(20)4-7/h3-6,18-20,22H,1-2H3. The van der Waals surface area contributed by atoms with Crippen LogP contribution in [-0.4, -0.2) is 34.6 Å². The van der Waals surface area contributed by atoms with Crippen molar-refractivity contribution in [2.75, 3.05) is 14.2 Å². The molecule has 1 aromatic heterocycles. The topological polar surface area (TPSA) is 130 Å². The molecule has 1 heterocycles. The molecule has 0 aliphatic carbocycles. The molecule has 0 amide bonds. The van der Waals surface area contributed by atoms with Gasteiger partial charge in [-0.1, -0.05) is 0 Å². The predicted octanol–water partition coefficient (Wildman–Crippen LogP) is 2.30. The molecule has 8 heteroatoms. The van der Waals surface area contributed by atoms with Crippen LogP contribution in [0.1, 0.15) is 0 Å². The lowest BCUT2D eigenvalue weighted by atomic mass is 10.1. The summed E-state index contributed by atoms with van der Waals surface area (Å²) in [5.74, 6) is -2.22. The fourth-order valence-electron chi connectivity index (χ4n) is 2.52. The van der Waals surface area contributed by atoms with Crippen molar-refractivity contribution in [3.8, 4) is 45.8 Å². The predicted molar refractivity (Wildman–Crippen MR) is 87.7 cm³/mol. The molecule has 0 saturated heterocycles. The summed E-state index contributed by atoms with van der Waals surface area (Å²) in [6.45, 7) is 0. The highest BCUT2D eigenvalue weighted by Crippen LogP contribution is 2.42. The summed E-state index contributed by atoms with van der Waals surface area (Å²) in [7, 11) is 2.64. The number of phenols is 3. The Morgan fingerprint density at radius 2 is 1.52 bits per heavy atom. The van der Waals surface area contributed by atoms with Crippen molar-refractivity contribution in [3.63, 3.8) is 0 Å².